The maximum atomic E-state index is 12.6. The van der Waals surface area contributed by atoms with E-state index < -0.39 is 39.6 Å². The van der Waals surface area contributed by atoms with Gasteiger partial charge in [-0.1, -0.05) is 5.16 Å². The Morgan fingerprint density at radius 2 is 2.10 bits per heavy atom. The van der Waals surface area contributed by atoms with Gasteiger partial charge in [-0.05, 0) is 13.8 Å². The molecule has 29 heavy (non-hydrogen) atoms. The fraction of sp³-hybridized carbons (Fsp3) is 0.462. The number of amides is 3. The zero-order chi connectivity index (χ0) is 21.3. The largest absolute Gasteiger partial charge is 1.00 e. The molecule has 0 aliphatic carbocycles. The van der Waals surface area contributed by atoms with Crippen LogP contribution >= 0.6 is 22.9 Å². The molecule has 0 aromatic carbocycles. The predicted octanol–water partition coefficient (Wildman–Crippen LogP) is -3.76. The average molecular weight is 476 g/mol. The van der Waals surface area contributed by atoms with Crippen molar-refractivity contribution in [2.45, 2.75) is 25.4 Å². The van der Waals surface area contributed by atoms with Gasteiger partial charge >= 0.3 is 29.6 Å². The second-order valence-electron chi connectivity index (χ2n) is 5.96. The van der Waals surface area contributed by atoms with Gasteiger partial charge in [-0.2, -0.15) is 0 Å². The van der Waals surface area contributed by atoms with Crippen LogP contribution in [0.2, 0.25) is 0 Å². The molecule has 154 valence electrons. The molecular formula is C13H15ClN5NaO7S2. The first-order valence-corrected chi connectivity index (χ1v) is 10.2. The van der Waals surface area contributed by atoms with Gasteiger partial charge in [0, 0.05) is 5.38 Å². The summed E-state index contributed by atoms with van der Waals surface area (Å²) in [6.45, 7) is 2.62. The van der Waals surface area contributed by atoms with Crippen LogP contribution in [0.25, 0.3) is 0 Å². The minimum absolute atomic E-state index is 0. The normalized spacial score (nSPS) is 18.4. The van der Waals surface area contributed by atoms with Gasteiger partial charge in [-0.3, -0.25) is 14.4 Å². The topological polar surface area (TPSA) is 170 Å². The number of carbonyl (C=O) groups excluding carboxylic acids is 3. The van der Waals surface area contributed by atoms with Gasteiger partial charge in [0.05, 0.1) is 5.54 Å². The molecule has 0 radical (unpaired) electrons. The molecule has 2 heterocycles. The molecule has 0 bridgehead atoms. The first-order chi connectivity index (χ1) is 12.9. The molecule has 1 atom stereocenters. The SMILES string of the molecule is CO/N=C(\C(=O)NC1C(=O)N(S(=O)(=O)[O-])C1(C)C)c1csc(NC(=O)CCl)n1.[Na+]. The quantitative estimate of drug-likeness (QED) is 0.101. The molecule has 1 unspecified atom stereocenters. The van der Waals surface area contributed by atoms with E-state index >= 15 is 0 Å². The van der Waals surface area contributed by atoms with E-state index in [2.05, 4.69) is 25.6 Å². The Bertz CT molecular complexity index is 949. The van der Waals surface area contributed by atoms with E-state index in [0.717, 1.165) is 11.3 Å². The number of rotatable bonds is 7. The van der Waals surface area contributed by atoms with Crippen LogP contribution in [0.4, 0.5) is 5.13 Å². The molecule has 2 N–H and O–H groups in total. The van der Waals surface area contributed by atoms with E-state index in [1.165, 1.54) is 26.3 Å². The van der Waals surface area contributed by atoms with E-state index in [4.69, 9.17) is 11.6 Å². The first kappa shape index (κ1) is 25.7. The molecule has 12 nitrogen and oxygen atoms in total. The van der Waals surface area contributed by atoms with Gasteiger partial charge < -0.3 is 20.0 Å². The molecule has 1 aliphatic rings. The number of nitrogens with zero attached hydrogens (tertiary/aromatic N) is 3. The van der Waals surface area contributed by atoms with Crippen LogP contribution in [-0.4, -0.2) is 70.3 Å². The van der Waals surface area contributed by atoms with Gasteiger partial charge in [0.15, 0.2) is 21.1 Å². The smallest absolute Gasteiger partial charge is 0.731 e. The Balaban J connectivity index is 0.00000420. The Morgan fingerprint density at radius 1 is 1.48 bits per heavy atom. The molecule has 1 fully saturated rings. The van der Waals surface area contributed by atoms with Crippen molar-refractivity contribution in [2.24, 2.45) is 5.16 Å². The Kier molecular flexibility index (Phi) is 8.59. The summed E-state index contributed by atoms with van der Waals surface area (Å²) in [6, 6.07) is -1.28. The second-order valence-corrected chi connectivity index (χ2v) is 8.31. The molecule has 1 aromatic heterocycles. The van der Waals surface area contributed by atoms with Crippen molar-refractivity contribution in [3.63, 3.8) is 0 Å². The fourth-order valence-corrected chi connectivity index (χ4v) is 4.26. The van der Waals surface area contributed by atoms with Gasteiger partial charge in [0.25, 0.3) is 11.8 Å². The molecule has 1 aliphatic heterocycles. The Morgan fingerprint density at radius 3 is 2.59 bits per heavy atom. The van der Waals surface area contributed by atoms with Crippen molar-refractivity contribution in [3.8, 4) is 0 Å². The van der Waals surface area contributed by atoms with Crippen LogP contribution in [0, 0.1) is 0 Å². The van der Waals surface area contributed by atoms with E-state index in [1.807, 2.05) is 0 Å². The third-order valence-electron chi connectivity index (χ3n) is 3.69. The number of thiazole rings is 1. The summed E-state index contributed by atoms with van der Waals surface area (Å²) in [7, 11) is -3.84. The molecule has 1 saturated heterocycles. The van der Waals surface area contributed by atoms with Gasteiger partial charge in [0.2, 0.25) is 5.91 Å². The zero-order valence-corrected chi connectivity index (χ0v) is 20.1. The molecule has 16 heteroatoms. The molecule has 0 spiro atoms. The van der Waals surface area contributed by atoms with E-state index in [0.29, 0.717) is 0 Å². The van der Waals surface area contributed by atoms with Crippen molar-refractivity contribution in [3.05, 3.63) is 11.1 Å². The maximum Gasteiger partial charge on any atom is 1.00 e. The number of anilines is 1. The van der Waals surface area contributed by atoms with Crippen molar-refractivity contribution in [2.75, 3.05) is 18.3 Å². The predicted molar refractivity (Wildman–Crippen MR) is 97.6 cm³/mol. The summed E-state index contributed by atoms with van der Waals surface area (Å²) in [4.78, 5) is 44.5. The number of halogens is 1. The molecule has 0 saturated carbocycles. The number of oxime groups is 1. The average Bonchev–Trinajstić information content (AvgIpc) is 3.03. The minimum atomic E-state index is -5.02. The number of aromatic nitrogens is 1. The number of alkyl halides is 1. The number of carbonyl (C=O) groups is 3. The van der Waals surface area contributed by atoms with Crippen LogP contribution in [0.15, 0.2) is 10.5 Å². The molecule has 1 aromatic rings. The van der Waals surface area contributed by atoms with Crippen molar-refractivity contribution >= 4 is 61.8 Å². The zero-order valence-electron chi connectivity index (χ0n) is 15.8. The van der Waals surface area contributed by atoms with Gasteiger partial charge in [-0.15, -0.1) is 22.9 Å². The fourth-order valence-electron chi connectivity index (χ4n) is 2.48. The third-order valence-corrected chi connectivity index (χ3v) is 5.79. The number of β-lactam (4-membered cyclic amide) rings is 1. The summed E-state index contributed by atoms with van der Waals surface area (Å²) in [6.07, 6.45) is 0. The van der Waals surface area contributed by atoms with E-state index in [1.54, 1.807) is 0 Å². The summed E-state index contributed by atoms with van der Waals surface area (Å²) < 4.78 is 33.7. The van der Waals surface area contributed by atoms with Crippen molar-refractivity contribution in [1.29, 1.82) is 0 Å². The first-order valence-electron chi connectivity index (χ1n) is 7.47. The second kappa shape index (κ2) is 9.68. The van der Waals surface area contributed by atoms with Crippen LogP contribution in [0.3, 0.4) is 0 Å². The molecule has 3 amide bonds. The van der Waals surface area contributed by atoms with E-state index in [9.17, 15) is 27.4 Å². The Labute approximate surface area is 197 Å². The molecular weight excluding hydrogens is 461 g/mol. The minimum Gasteiger partial charge on any atom is -0.731 e. The summed E-state index contributed by atoms with van der Waals surface area (Å²) in [5.74, 6) is -2.75. The van der Waals surface area contributed by atoms with Gasteiger partial charge in [0.1, 0.15) is 24.7 Å². The van der Waals surface area contributed by atoms with Crippen LogP contribution in [-0.2, 0) is 29.5 Å². The summed E-state index contributed by atoms with van der Waals surface area (Å²) in [5.41, 5.74) is -1.75. The maximum absolute atomic E-state index is 12.6. The van der Waals surface area contributed by atoms with Crippen molar-refractivity contribution < 1.29 is 61.7 Å². The van der Waals surface area contributed by atoms with Gasteiger partial charge in [-0.25, -0.2) is 17.7 Å². The van der Waals surface area contributed by atoms with Crippen LogP contribution < -0.4 is 40.2 Å². The number of hydrogen-bond donors (Lipinski definition) is 2. The van der Waals surface area contributed by atoms with E-state index in [-0.39, 0.29) is 56.3 Å². The monoisotopic (exact) mass is 475 g/mol. The van der Waals surface area contributed by atoms with Crippen molar-refractivity contribution in [1.82, 2.24) is 14.6 Å². The standard InChI is InChI=1S/C13H16ClN5O7S2.Na/c1-13(2)9(11(22)19(13)28(23,24)25)17-10(21)8(18-26-3)6-5-27-12(15-6)16-7(20)4-14;/h5,9H,4H2,1-3H3,(H,17,21)(H,15,16,20)(H,23,24,25);/q;+1/p-1/b18-8-;. The number of hydrogen-bond acceptors (Lipinski definition) is 10. The third kappa shape index (κ3) is 5.45. The summed E-state index contributed by atoms with van der Waals surface area (Å²) >= 11 is 6.39. The van der Waals surface area contributed by atoms with Crippen LogP contribution in [0.1, 0.15) is 19.5 Å². The number of nitrogens with one attached hydrogen (secondary N) is 2. The molecule has 2 rings (SSSR count). The van der Waals surface area contributed by atoms with Crippen LogP contribution in [0.5, 0.6) is 0 Å². The summed E-state index contributed by atoms with van der Waals surface area (Å²) in [5, 5.41) is 9.84. The Hall–Kier alpha value is -1.29.